The minimum atomic E-state index is -0.547. The highest BCUT2D eigenvalue weighted by Crippen LogP contribution is 1.94. The van der Waals surface area contributed by atoms with E-state index in [4.69, 9.17) is 0 Å². The van der Waals surface area contributed by atoms with Crippen LogP contribution in [0.5, 0.6) is 0 Å². The zero-order chi connectivity index (χ0) is 20.8. The van der Waals surface area contributed by atoms with Crippen molar-refractivity contribution in [3.05, 3.63) is 83.3 Å². The first-order valence-corrected chi connectivity index (χ1v) is 7.74. The zero-order valence-corrected chi connectivity index (χ0v) is 14.3. The summed E-state index contributed by atoms with van der Waals surface area (Å²) in [5, 5.41) is 0. The van der Waals surface area contributed by atoms with Gasteiger partial charge in [-0.3, -0.25) is 29.3 Å². The van der Waals surface area contributed by atoms with Gasteiger partial charge in [0.05, 0.1) is 19.0 Å². The minimum absolute atomic E-state index is 0.192. The van der Waals surface area contributed by atoms with E-state index >= 15 is 0 Å². The van der Waals surface area contributed by atoms with Crippen molar-refractivity contribution in [1.29, 1.82) is 0 Å². The van der Waals surface area contributed by atoms with E-state index in [-0.39, 0.29) is 22.3 Å². The Morgan fingerprint density at radius 1 is 0.621 bits per heavy atom. The van der Waals surface area contributed by atoms with Gasteiger partial charge in [0.15, 0.2) is 16.8 Å². The van der Waals surface area contributed by atoms with Gasteiger partial charge in [-0.2, -0.15) is 0 Å². The number of hydrogen-bond donors (Lipinski definition) is 7. The number of fused-ring (bicyclic) bond motifs is 2. The van der Waals surface area contributed by atoms with Gasteiger partial charge in [-0.25, -0.2) is 24.5 Å². The van der Waals surface area contributed by atoms with Gasteiger partial charge in [0.1, 0.15) is 5.52 Å². The Morgan fingerprint density at radius 2 is 1.31 bits per heavy atom. The first-order valence-electron chi connectivity index (χ1n) is 7.74. The molecule has 0 radical (unpaired) electrons. The Labute approximate surface area is 156 Å². The molecule has 15 nitrogen and oxygen atoms in total. The average molecular weight is 400 g/mol. The number of nitrogens with zero attached hydrogens (tertiary/aromatic N) is 3. The van der Waals surface area contributed by atoms with E-state index in [0.717, 1.165) is 0 Å². The summed E-state index contributed by atoms with van der Waals surface area (Å²) in [6, 6.07) is 1.24. The molecule has 0 saturated heterocycles. The lowest BCUT2D eigenvalue weighted by Crippen LogP contribution is -2.21. The van der Waals surface area contributed by atoms with E-state index in [0.29, 0.717) is 11.2 Å². The van der Waals surface area contributed by atoms with Gasteiger partial charge < -0.3 is 19.9 Å². The molecule has 7 N–H and O–H groups in total. The van der Waals surface area contributed by atoms with Gasteiger partial charge in [-0.05, 0) is 0 Å². The third-order valence-corrected chi connectivity index (χ3v) is 3.24. The van der Waals surface area contributed by atoms with Crippen molar-refractivity contribution in [3.8, 4) is 0 Å². The maximum atomic E-state index is 10.9. The molecule has 148 valence electrons. The van der Waals surface area contributed by atoms with Crippen LogP contribution in [0.4, 0.5) is 0 Å². The molecule has 0 atom stereocenters. The summed E-state index contributed by atoms with van der Waals surface area (Å²) in [5.74, 6) is 0. The third kappa shape index (κ3) is 4.67. The number of aromatic amines is 7. The lowest BCUT2D eigenvalue weighted by molar-refractivity contribution is 1.04. The number of H-pyrrole nitrogens is 7. The van der Waals surface area contributed by atoms with Crippen LogP contribution in [0.3, 0.4) is 0 Å². The molecule has 29 heavy (non-hydrogen) atoms. The topological polar surface area (TPSA) is 235 Å². The first-order chi connectivity index (χ1) is 13.9. The number of rotatable bonds is 0. The molecule has 5 aromatic heterocycles. The first kappa shape index (κ1) is 19.0. The summed E-state index contributed by atoms with van der Waals surface area (Å²) in [6.07, 6.45) is 5.40. The van der Waals surface area contributed by atoms with E-state index in [1.54, 1.807) is 0 Å². The molecule has 0 aliphatic heterocycles. The quantitative estimate of drug-likeness (QED) is 0.148. The molecule has 0 aliphatic carbocycles. The molecule has 0 bridgehead atoms. The maximum absolute atomic E-state index is 10.9. The zero-order valence-electron chi connectivity index (χ0n) is 14.3. The van der Waals surface area contributed by atoms with Crippen molar-refractivity contribution in [1.82, 2.24) is 49.8 Å². The molecule has 5 aromatic rings. The molecule has 0 unspecified atom stereocenters. The van der Waals surface area contributed by atoms with Gasteiger partial charge in [0.25, 0.3) is 16.7 Å². The maximum Gasteiger partial charge on any atom is 0.327 e. The van der Waals surface area contributed by atoms with Crippen molar-refractivity contribution < 1.29 is 0 Å². The number of hydrogen-bond acceptors (Lipinski definition) is 8. The van der Waals surface area contributed by atoms with E-state index in [1.165, 1.54) is 31.2 Å². The smallest absolute Gasteiger partial charge is 0.327 e. The fraction of sp³-hybridized carbons (Fsp3) is 0. The average Bonchev–Trinajstić information content (AvgIpc) is 3.32. The van der Waals surface area contributed by atoms with Crippen LogP contribution >= 0.6 is 0 Å². The predicted octanol–water partition coefficient (Wildman–Crippen LogP) is -2.35. The molecular weight excluding hydrogens is 388 g/mol. The van der Waals surface area contributed by atoms with Crippen LogP contribution < -0.4 is 28.1 Å². The molecule has 0 spiro atoms. The number of aromatic nitrogens is 10. The highest BCUT2D eigenvalue weighted by Gasteiger charge is 2.00. The fourth-order valence-corrected chi connectivity index (χ4v) is 2.03. The Kier molecular flexibility index (Phi) is 5.39. The normalized spacial score (nSPS) is 10.1. The standard InChI is InChI=1S/C5H4N4O2.C5H4N4O.C4H4N2O2/c10-4-2-3(7-1-6-2)8-5(11)9-4;10-5-3-4(7-1-6-3)8-2-9-5;7-3-1-2-5-4(8)6-3/h1H,(H3,6,7,8,9,10,11);1-2H,(H2,6,7,8,9,10);1-2H,(H2,5,6,7,8). The SMILES string of the molecule is O=c1[nH]c(=O)c2[nH]cnc2[nH]1.O=c1[nH]cnc2nc[nH]c12.O=c1cc[nH]c(=O)[nH]1. The molecule has 0 saturated carbocycles. The van der Waals surface area contributed by atoms with Crippen LogP contribution in [0, 0.1) is 0 Å². The summed E-state index contributed by atoms with van der Waals surface area (Å²) in [5.41, 5.74) is -0.626. The minimum Gasteiger partial charge on any atom is -0.339 e. The van der Waals surface area contributed by atoms with Crippen molar-refractivity contribution >= 4 is 22.3 Å². The largest absolute Gasteiger partial charge is 0.339 e. The summed E-state index contributed by atoms with van der Waals surface area (Å²) in [7, 11) is 0. The molecular formula is C14H12N10O5. The Bertz CT molecular complexity index is 1500. The Hall–Kier alpha value is -4.82. The van der Waals surface area contributed by atoms with Crippen LogP contribution in [0.15, 0.2) is 55.2 Å². The van der Waals surface area contributed by atoms with Crippen LogP contribution in [0.25, 0.3) is 22.3 Å². The van der Waals surface area contributed by atoms with E-state index in [1.807, 2.05) is 4.98 Å². The molecule has 0 aromatic carbocycles. The lowest BCUT2D eigenvalue weighted by atomic mass is 10.5. The third-order valence-electron chi connectivity index (χ3n) is 3.24. The van der Waals surface area contributed by atoms with Gasteiger partial charge in [-0.15, -0.1) is 0 Å². The number of nitrogens with one attached hydrogen (secondary N) is 7. The lowest BCUT2D eigenvalue weighted by Gasteiger charge is -1.83. The van der Waals surface area contributed by atoms with E-state index < -0.39 is 16.9 Å². The highest BCUT2D eigenvalue weighted by atomic mass is 16.2. The van der Waals surface area contributed by atoms with Crippen molar-refractivity contribution in [2.24, 2.45) is 0 Å². The van der Waals surface area contributed by atoms with Gasteiger partial charge in [0, 0.05) is 12.3 Å². The Balaban J connectivity index is 0.000000126. The van der Waals surface area contributed by atoms with Crippen LogP contribution in [0.1, 0.15) is 0 Å². The fourth-order valence-electron chi connectivity index (χ4n) is 2.03. The van der Waals surface area contributed by atoms with Crippen LogP contribution in [-0.4, -0.2) is 49.8 Å². The summed E-state index contributed by atoms with van der Waals surface area (Å²) < 4.78 is 0. The molecule has 15 heteroatoms. The molecule has 0 amide bonds. The van der Waals surface area contributed by atoms with Gasteiger partial charge in [0.2, 0.25) is 0 Å². The molecule has 0 fully saturated rings. The summed E-state index contributed by atoms with van der Waals surface area (Å²) in [6.45, 7) is 0. The van der Waals surface area contributed by atoms with Gasteiger partial charge in [-0.1, -0.05) is 0 Å². The van der Waals surface area contributed by atoms with E-state index in [9.17, 15) is 24.0 Å². The van der Waals surface area contributed by atoms with Gasteiger partial charge >= 0.3 is 11.4 Å². The molecule has 0 aliphatic rings. The second kappa shape index (κ2) is 8.25. The highest BCUT2D eigenvalue weighted by molar-refractivity contribution is 5.67. The second-order valence-electron chi connectivity index (χ2n) is 5.16. The van der Waals surface area contributed by atoms with Crippen molar-refractivity contribution in [2.75, 3.05) is 0 Å². The van der Waals surface area contributed by atoms with E-state index in [2.05, 4.69) is 44.9 Å². The monoisotopic (exact) mass is 400 g/mol. The molecule has 5 heterocycles. The second-order valence-corrected chi connectivity index (χ2v) is 5.16. The van der Waals surface area contributed by atoms with Crippen LogP contribution in [0.2, 0.25) is 0 Å². The predicted molar refractivity (Wildman–Crippen MR) is 99.5 cm³/mol. The Morgan fingerprint density at radius 3 is 1.97 bits per heavy atom. The summed E-state index contributed by atoms with van der Waals surface area (Å²) >= 11 is 0. The van der Waals surface area contributed by atoms with Crippen molar-refractivity contribution in [3.63, 3.8) is 0 Å². The molecule has 5 rings (SSSR count). The van der Waals surface area contributed by atoms with Crippen LogP contribution in [-0.2, 0) is 0 Å². The van der Waals surface area contributed by atoms with Crippen molar-refractivity contribution in [2.45, 2.75) is 0 Å². The number of imidazole rings is 2. The summed E-state index contributed by atoms with van der Waals surface area (Å²) in [4.78, 5) is 80.5.